The Morgan fingerprint density at radius 1 is 1.06 bits per heavy atom. The molecule has 3 heterocycles. The summed E-state index contributed by atoms with van der Waals surface area (Å²) in [4.78, 5) is 14.0. The lowest BCUT2D eigenvalue weighted by Gasteiger charge is -2.23. The third-order valence-electron chi connectivity index (χ3n) is 4.10. The first kappa shape index (κ1) is 23.4. The van der Waals surface area contributed by atoms with Crippen molar-refractivity contribution >= 4 is 33.6 Å². The van der Waals surface area contributed by atoms with E-state index in [0.29, 0.717) is 10.9 Å². The van der Waals surface area contributed by atoms with Crippen molar-refractivity contribution < 1.29 is 26.3 Å². The molecule has 0 fully saturated rings. The van der Waals surface area contributed by atoms with Crippen LogP contribution in [0, 0.1) is 6.92 Å². The highest BCUT2D eigenvalue weighted by molar-refractivity contribution is 7.16. The summed E-state index contributed by atoms with van der Waals surface area (Å²) in [7, 11) is 0. The molecule has 0 aromatic carbocycles. The predicted octanol–water partition coefficient (Wildman–Crippen LogP) is 5.86. The average molecular weight is 481 g/mol. The summed E-state index contributed by atoms with van der Waals surface area (Å²) in [6, 6.07) is -0.752. The molecule has 0 saturated carbocycles. The van der Waals surface area contributed by atoms with Crippen molar-refractivity contribution in [3.8, 4) is 10.6 Å². The Morgan fingerprint density at radius 2 is 1.77 bits per heavy atom. The highest BCUT2D eigenvalue weighted by atomic mass is 32.1. The maximum Gasteiger partial charge on any atom is 0.412 e. The fourth-order valence-electron chi connectivity index (χ4n) is 2.63. The third kappa shape index (κ3) is 5.92. The van der Waals surface area contributed by atoms with Gasteiger partial charge < -0.3 is 5.32 Å². The summed E-state index contributed by atoms with van der Waals surface area (Å²) in [6.07, 6.45) is -8.85. The molecule has 0 saturated heterocycles. The van der Waals surface area contributed by atoms with E-state index in [9.17, 15) is 26.3 Å². The quantitative estimate of drug-likeness (QED) is 0.414. The van der Waals surface area contributed by atoms with Crippen molar-refractivity contribution in [2.45, 2.75) is 45.2 Å². The van der Waals surface area contributed by atoms with Crippen LogP contribution in [0.15, 0.2) is 23.7 Å². The Bertz CT molecular complexity index is 996. The molecule has 0 aliphatic rings. The Kier molecular flexibility index (Phi) is 6.86. The Hall–Kier alpha value is -2.25. The minimum absolute atomic E-state index is 0.177. The fraction of sp³-hybridized carbons (Fsp3) is 0.389. The van der Waals surface area contributed by atoms with E-state index in [1.807, 2.05) is 19.2 Å². The maximum atomic E-state index is 12.6. The summed E-state index contributed by atoms with van der Waals surface area (Å²) in [5.41, 5.74) is 1.84. The second-order valence-electron chi connectivity index (χ2n) is 6.49. The Balaban J connectivity index is 1.63. The standard InChI is InChI=1S/C18H17F6N5S2/c1-3-13-27-9(2)14(31-13)11-8-30-16(28-11)29-12-5-4-10(6-25-12)7-26-15(17(19,20)21)18(22,23)24/h4-6,8,15,26H,3,7H2,1-2H3,(H,25,28,29). The van der Waals surface area contributed by atoms with Gasteiger partial charge in [-0.3, -0.25) is 5.32 Å². The number of hydrogen-bond donors (Lipinski definition) is 2. The van der Waals surface area contributed by atoms with Gasteiger partial charge in [-0.1, -0.05) is 13.0 Å². The number of thiazole rings is 2. The molecule has 168 valence electrons. The van der Waals surface area contributed by atoms with Crippen molar-refractivity contribution in [1.29, 1.82) is 0 Å². The van der Waals surface area contributed by atoms with Gasteiger partial charge in [0.1, 0.15) is 5.82 Å². The number of nitrogens with one attached hydrogen (secondary N) is 2. The van der Waals surface area contributed by atoms with E-state index in [0.717, 1.165) is 27.7 Å². The zero-order chi connectivity index (χ0) is 22.8. The second-order valence-corrected chi connectivity index (χ2v) is 8.43. The SMILES string of the molecule is CCc1nc(C)c(-c2csc(Nc3ccc(CNC(C(F)(F)F)C(F)(F)F)cn3)n2)s1. The van der Waals surface area contributed by atoms with E-state index in [2.05, 4.69) is 20.3 Å². The zero-order valence-corrected chi connectivity index (χ0v) is 17.9. The molecule has 0 amide bonds. The summed E-state index contributed by atoms with van der Waals surface area (Å²) < 4.78 is 75.5. The minimum Gasteiger partial charge on any atom is -0.316 e. The van der Waals surface area contributed by atoms with Gasteiger partial charge in [-0.15, -0.1) is 22.7 Å². The van der Waals surface area contributed by atoms with Crippen LogP contribution in [0.5, 0.6) is 0 Å². The molecule has 13 heteroatoms. The third-order valence-corrected chi connectivity index (χ3v) is 6.19. The van der Waals surface area contributed by atoms with Crippen molar-refractivity contribution in [1.82, 2.24) is 20.3 Å². The smallest absolute Gasteiger partial charge is 0.316 e. The molecule has 31 heavy (non-hydrogen) atoms. The highest BCUT2D eigenvalue weighted by Crippen LogP contribution is 2.34. The van der Waals surface area contributed by atoms with Gasteiger partial charge >= 0.3 is 12.4 Å². The average Bonchev–Trinajstić information content (AvgIpc) is 3.27. The van der Waals surface area contributed by atoms with E-state index in [1.54, 1.807) is 11.3 Å². The number of aryl methyl sites for hydroxylation is 2. The van der Waals surface area contributed by atoms with Gasteiger partial charge in [0, 0.05) is 18.1 Å². The van der Waals surface area contributed by atoms with Gasteiger partial charge in [-0.25, -0.2) is 15.0 Å². The number of hydrogen-bond acceptors (Lipinski definition) is 7. The van der Waals surface area contributed by atoms with Gasteiger partial charge in [-0.05, 0) is 25.0 Å². The number of anilines is 2. The van der Waals surface area contributed by atoms with Crippen LogP contribution in [0.4, 0.5) is 37.3 Å². The molecule has 3 rings (SSSR count). The Labute approximate surface area is 181 Å². The van der Waals surface area contributed by atoms with E-state index < -0.39 is 24.9 Å². The summed E-state index contributed by atoms with van der Waals surface area (Å²) >= 11 is 2.91. The minimum atomic E-state index is -5.44. The fourth-order valence-corrected chi connectivity index (χ4v) is 4.37. The van der Waals surface area contributed by atoms with Crippen LogP contribution in [0.2, 0.25) is 0 Å². The van der Waals surface area contributed by atoms with Crippen molar-refractivity contribution in [2.75, 3.05) is 5.32 Å². The number of rotatable bonds is 7. The summed E-state index contributed by atoms with van der Waals surface area (Å²) in [5, 5.41) is 7.90. The van der Waals surface area contributed by atoms with Crippen LogP contribution < -0.4 is 10.6 Å². The van der Waals surface area contributed by atoms with E-state index in [4.69, 9.17) is 0 Å². The molecule has 0 aliphatic heterocycles. The van der Waals surface area contributed by atoms with Crippen LogP contribution in [0.25, 0.3) is 10.6 Å². The predicted molar refractivity (Wildman–Crippen MR) is 108 cm³/mol. The molecule has 0 atom stereocenters. The highest BCUT2D eigenvalue weighted by Gasteiger charge is 2.56. The zero-order valence-electron chi connectivity index (χ0n) is 16.2. The van der Waals surface area contributed by atoms with Gasteiger partial charge in [-0.2, -0.15) is 26.3 Å². The molecule has 0 spiro atoms. The van der Waals surface area contributed by atoms with Crippen molar-refractivity contribution in [2.24, 2.45) is 0 Å². The number of nitrogens with zero attached hydrogens (tertiary/aromatic N) is 3. The van der Waals surface area contributed by atoms with Crippen molar-refractivity contribution in [3.05, 3.63) is 40.0 Å². The van der Waals surface area contributed by atoms with Gasteiger partial charge in [0.05, 0.1) is 21.3 Å². The molecule has 0 aliphatic carbocycles. The number of halogens is 6. The lowest BCUT2D eigenvalue weighted by Crippen LogP contribution is -2.52. The Morgan fingerprint density at radius 3 is 2.32 bits per heavy atom. The normalized spacial score (nSPS) is 12.5. The van der Waals surface area contributed by atoms with Crippen LogP contribution in [-0.4, -0.2) is 33.3 Å². The molecule has 2 N–H and O–H groups in total. The van der Waals surface area contributed by atoms with Crippen LogP contribution in [0.3, 0.4) is 0 Å². The first-order chi connectivity index (χ1) is 14.5. The maximum absolute atomic E-state index is 12.6. The second kappa shape index (κ2) is 9.09. The molecule has 0 bridgehead atoms. The van der Waals surface area contributed by atoms with Gasteiger partial charge in [0.15, 0.2) is 5.13 Å². The molecule has 5 nitrogen and oxygen atoms in total. The largest absolute Gasteiger partial charge is 0.412 e. The summed E-state index contributed by atoms with van der Waals surface area (Å²) in [5.74, 6) is 0.364. The molecular formula is C18H17F6N5S2. The lowest BCUT2D eigenvalue weighted by atomic mass is 10.2. The first-order valence-corrected chi connectivity index (χ1v) is 10.7. The monoisotopic (exact) mass is 481 g/mol. The van der Waals surface area contributed by atoms with E-state index in [-0.39, 0.29) is 5.56 Å². The molecule has 3 aromatic heterocycles. The first-order valence-electron chi connectivity index (χ1n) is 8.98. The lowest BCUT2D eigenvalue weighted by molar-refractivity contribution is -0.258. The molecule has 0 unspecified atom stereocenters. The molecule has 0 radical (unpaired) electrons. The topological polar surface area (TPSA) is 62.7 Å². The number of pyridine rings is 1. The number of alkyl halides is 6. The molecular weight excluding hydrogens is 464 g/mol. The number of aromatic nitrogens is 3. The summed E-state index contributed by atoms with van der Waals surface area (Å²) in [6.45, 7) is 3.30. The van der Waals surface area contributed by atoms with Crippen LogP contribution in [-0.2, 0) is 13.0 Å². The van der Waals surface area contributed by atoms with Crippen LogP contribution in [0.1, 0.15) is 23.2 Å². The van der Waals surface area contributed by atoms with Gasteiger partial charge in [0.2, 0.25) is 6.04 Å². The van der Waals surface area contributed by atoms with E-state index in [1.165, 1.54) is 35.0 Å². The molecule has 3 aromatic rings. The van der Waals surface area contributed by atoms with Crippen molar-refractivity contribution in [3.63, 3.8) is 0 Å². The van der Waals surface area contributed by atoms with Crippen LogP contribution >= 0.6 is 22.7 Å². The van der Waals surface area contributed by atoms with Gasteiger partial charge in [0.25, 0.3) is 0 Å². The van der Waals surface area contributed by atoms with E-state index >= 15 is 0 Å².